The number of rotatable bonds is 45. The molecule has 0 radical (unpaired) electrons. The highest BCUT2D eigenvalue weighted by molar-refractivity contribution is 5.71. The lowest BCUT2D eigenvalue weighted by atomic mass is 10.1. The number of ether oxygens (including phenoxy) is 3. The first-order valence-corrected chi connectivity index (χ1v) is 25.7. The van der Waals surface area contributed by atoms with Crippen LogP contribution < -0.4 is 0 Å². The summed E-state index contributed by atoms with van der Waals surface area (Å²) in [6, 6.07) is 0. The van der Waals surface area contributed by atoms with E-state index < -0.39 is 6.10 Å². The Morgan fingerprint density at radius 1 is 0.339 bits per heavy atom. The number of unbranched alkanes of at least 4 members (excludes halogenated alkanes) is 25. The molecule has 0 aliphatic rings. The molecule has 1 unspecified atom stereocenters. The maximum atomic E-state index is 12.8. The monoisotopic (exact) mass is 863 g/mol. The molecule has 0 amide bonds. The van der Waals surface area contributed by atoms with Crippen molar-refractivity contribution in [3.63, 3.8) is 0 Å². The lowest BCUT2D eigenvalue weighted by molar-refractivity contribution is -0.167. The van der Waals surface area contributed by atoms with E-state index in [1.165, 1.54) is 122 Å². The zero-order valence-electron chi connectivity index (χ0n) is 40.4. The Morgan fingerprint density at radius 3 is 1.05 bits per heavy atom. The van der Waals surface area contributed by atoms with E-state index in [-0.39, 0.29) is 31.1 Å². The SMILES string of the molecule is CC\C=C/C=C\C=C/C=C\C=C\C=C/CCCCCC(=O)OCC(COC(=O)CCCCCCCCCCCC)OC(=O)CCCCCCCCC/C=C\CCCCCCCC. The smallest absolute Gasteiger partial charge is 0.306 e. The molecule has 0 rings (SSSR count). The van der Waals surface area contributed by atoms with Crippen molar-refractivity contribution in [3.8, 4) is 0 Å². The Kier molecular flexibility index (Phi) is 47.5. The van der Waals surface area contributed by atoms with E-state index in [2.05, 4.69) is 45.1 Å². The van der Waals surface area contributed by atoms with Gasteiger partial charge in [0, 0.05) is 19.3 Å². The summed E-state index contributed by atoms with van der Waals surface area (Å²) in [6.45, 7) is 6.43. The first-order valence-electron chi connectivity index (χ1n) is 25.7. The van der Waals surface area contributed by atoms with Crippen molar-refractivity contribution in [2.24, 2.45) is 0 Å². The summed E-state index contributed by atoms with van der Waals surface area (Å²) < 4.78 is 16.7. The van der Waals surface area contributed by atoms with Crippen LogP contribution in [0.2, 0.25) is 0 Å². The molecule has 0 heterocycles. The number of carbonyl (C=O) groups is 3. The van der Waals surface area contributed by atoms with Crippen molar-refractivity contribution in [3.05, 3.63) is 85.1 Å². The van der Waals surface area contributed by atoms with E-state index in [9.17, 15) is 14.4 Å². The second kappa shape index (κ2) is 50.2. The largest absolute Gasteiger partial charge is 0.462 e. The molecule has 0 aromatic heterocycles. The number of carbonyl (C=O) groups excluding carboxylic acids is 3. The first-order chi connectivity index (χ1) is 30.5. The number of allylic oxidation sites excluding steroid dienone is 14. The topological polar surface area (TPSA) is 78.9 Å². The van der Waals surface area contributed by atoms with Gasteiger partial charge in [-0.05, 0) is 64.2 Å². The first kappa shape index (κ1) is 58.6. The van der Waals surface area contributed by atoms with Crippen molar-refractivity contribution < 1.29 is 28.6 Å². The Balaban J connectivity index is 4.45. The Morgan fingerprint density at radius 2 is 0.645 bits per heavy atom. The Labute approximate surface area is 382 Å². The summed E-state index contributed by atoms with van der Waals surface area (Å²) in [5.41, 5.74) is 0. The molecule has 0 bridgehead atoms. The average Bonchev–Trinajstić information content (AvgIpc) is 3.27. The van der Waals surface area contributed by atoms with Gasteiger partial charge < -0.3 is 14.2 Å². The average molecular weight is 863 g/mol. The van der Waals surface area contributed by atoms with E-state index in [0.717, 1.165) is 70.6 Å². The van der Waals surface area contributed by atoms with Gasteiger partial charge in [-0.1, -0.05) is 234 Å². The van der Waals surface area contributed by atoms with Gasteiger partial charge >= 0.3 is 17.9 Å². The van der Waals surface area contributed by atoms with Crippen LogP contribution in [0.15, 0.2) is 85.1 Å². The summed E-state index contributed by atoms with van der Waals surface area (Å²) in [4.78, 5) is 37.9. The van der Waals surface area contributed by atoms with Crippen LogP contribution in [-0.2, 0) is 28.6 Å². The van der Waals surface area contributed by atoms with Crippen LogP contribution in [0, 0.1) is 0 Å². The van der Waals surface area contributed by atoms with E-state index in [1.54, 1.807) is 0 Å². The highest BCUT2D eigenvalue weighted by atomic mass is 16.6. The molecule has 0 saturated carbocycles. The molecule has 0 fully saturated rings. The van der Waals surface area contributed by atoms with Crippen LogP contribution in [-0.4, -0.2) is 37.2 Å². The van der Waals surface area contributed by atoms with E-state index in [1.807, 2.05) is 60.8 Å². The molecular formula is C56H94O6. The van der Waals surface area contributed by atoms with E-state index in [4.69, 9.17) is 14.2 Å². The van der Waals surface area contributed by atoms with Crippen molar-refractivity contribution in [1.82, 2.24) is 0 Å². The summed E-state index contributed by atoms with van der Waals surface area (Å²) >= 11 is 0. The molecule has 354 valence electrons. The highest BCUT2D eigenvalue weighted by Gasteiger charge is 2.19. The van der Waals surface area contributed by atoms with Gasteiger partial charge in [0.2, 0.25) is 0 Å². The molecule has 6 heteroatoms. The molecule has 6 nitrogen and oxygen atoms in total. The second-order valence-corrected chi connectivity index (χ2v) is 16.9. The predicted molar refractivity (Wildman–Crippen MR) is 265 cm³/mol. The molecule has 0 aliphatic carbocycles. The van der Waals surface area contributed by atoms with Gasteiger partial charge in [-0.3, -0.25) is 14.4 Å². The van der Waals surface area contributed by atoms with Crippen LogP contribution in [0.3, 0.4) is 0 Å². The summed E-state index contributed by atoms with van der Waals surface area (Å²) in [5.74, 6) is -0.943. The number of hydrogen-bond acceptors (Lipinski definition) is 6. The third-order valence-corrected chi connectivity index (χ3v) is 10.8. The van der Waals surface area contributed by atoms with Gasteiger partial charge in [-0.15, -0.1) is 0 Å². The molecule has 62 heavy (non-hydrogen) atoms. The van der Waals surface area contributed by atoms with Gasteiger partial charge in [-0.25, -0.2) is 0 Å². The van der Waals surface area contributed by atoms with Gasteiger partial charge in [0.05, 0.1) is 0 Å². The summed E-state index contributed by atoms with van der Waals surface area (Å²) in [7, 11) is 0. The third kappa shape index (κ3) is 47.6. The number of hydrogen-bond donors (Lipinski definition) is 0. The fraction of sp³-hybridized carbons (Fsp3) is 0.696. The maximum absolute atomic E-state index is 12.8. The zero-order chi connectivity index (χ0) is 45.1. The minimum Gasteiger partial charge on any atom is -0.462 e. The van der Waals surface area contributed by atoms with E-state index in [0.29, 0.717) is 19.3 Å². The Bertz CT molecular complexity index is 1220. The maximum Gasteiger partial charge on any atom is 0.306 e. The summed E-state index contributed by atoms with van der Waals surface area (Å²) in [6.07, 6.45) is 64.2. The molecule has 0 N–H and O–H groups in total. The number of esters is 3. The van der Waals surface area contributed by atoms with Gasteiger partial charge in [0.25, 0.3) is 0 Å². The molecule has 0 spiro atoms. The van der Waals surface area contributed by atoms with Crippen LogP contribution in [0.25, 0.3) is 0 Å². The highest BCUT2D eigenvalue weighted by Crippen LogP contribution is 2.14. The minimum absolute atomic E-state index is 0.0919. The zero-order valence-corrected chi connectivity index (χ0v) is 40.4. The molecule has 1 atom stereocenters. The quantitative estimate of drug-likeness (QED) is 0.0199. The Hall–Kier alpha value is -3.41. The van der Waals surface area contributed by atoms with Crippen molar-refractivity contribution >= 4 is 17.9 Å². The molecule has 0 aromatic carbocycles. The molecule has 0 aliphatic heterocycles. The molecule has 0 saturated heterocycles. The lowest BCUT2D eigenvalue weighted by Crippen LogP contribution is -2.30. The minimum atomic E-state index is -0.795. The molecule has 0 aromatic rings. The normalized spacial score (nSPS) is 12.8. The van der Waals surface area contributed by atoms with Crippen LogP contribution in [0.5, 0.6) is 0 Å². The molecular weight excluding hydrogens is 769 g/mol. The third-order valence-electron chi connectivity index (χ3n) is 10.8. The second-order valence-electron chi connectivity index (χ2n) is 16.9. The fourth-order valence-electron chi connectivity index (χ4n) is 6.94. The van der Waals surface area contributed by atoms with Crippen LogP contribution in [0.1, 0.15) is 233 Å². The lowest BCUT2D eigenvalue weighted by Gasteiger charge is -2.18. The standard InChI is InChI=1S/C56H94O6/c1-4-7-10-13-16-19-22-24-26-28-30-32-34-37-40-43-46-49-55(58)61-52-53(51-60-54(57)48-45-42-39-36-21-18-15-12-9-6-3)62-56(59)50-47-44-41-38-35-33-31-29-27-25-23-20-17-14-11-8-5-2/h7,10,13,16,19,22,24-28,30,32,34,53H,4-6,8-9,11-12,14-15,17-18,20-21,23,29,31,33,35-52H2,1-3H3/b10-7-,16-13-,22-19-,26-24-,27-25-,30-28+,34-32-. The van der Waals surface area contributed by atoms with E-state index >= 15 is 0 Å². The van der Waals surface area contributed by atoms with Gasteiger partial charge in [0.1, 0.15) is 13.2 Å². The predicted octanol–water partition coefficient (Wildman–Crippen LogP) is 16.8. The fourth-order valence-corrected chi connectivity index (χ4v) is 6.94. The van der Waals surface area contributed by atoms with Crippen LogP contribution in [0.4, 0.5) is 0 Å². The van der Waals surface area contributed by atoms with Crippen molar-refractivity contribution in [2.75, 3.05) is 13.2 Å². The van der Waals surface area contributed by atoms with Crippen molar-refractivity contribution in [1.29, 1.82) is 0 Å². The summed E-state index contributed by atoms with van der Waals surface area (Å²) in [5, 5.41) is 0. The van der Waals surface area contributed by atoms with Gasteiger partial charge in [0.15, 0.2) is 6.10 Å². The van der Waals surface area contributed by atoms with Gasteiger partial charge in [-0.2, -0.15) is 0 Å². The van der Waals surface area contributed by atoms with Crippen molar-refractivity contribution in [2.45, 2.75) is 239 Å². The van der Waals surface area contributed by atoms with Crippen LogP contribution >= 0.6 is 0 Å².